The fourth-order valence-corrected chi connectivity index (χ4v) is 4.59. The summed E-state index contributed by atoms with van der Waals surface area (Å²) in [5, 5.41) is 0. The summed E-state index contributed by atoms with van der Waals surface area (Å²) in [6, 6.07) is 5.83. The normalized spacial score (nSPS) is 15.8. The van der Waals surface area contributed by atoms with Crippen molar-refractivity contribution < 1.29 is 19.0 Å². The Hall–Kier alpha value is -2.60. The van der Waals surface area contributed by atoms with Crippen molar-refractivity contribution in [1.82, 2.24) is 4.57 Å². The van der Waals surface area contributed by atoms with Gasteiger partial charge in [0.1, 0.15) is 11.3 Å². The van der Waals surface area contributed by atoms with Gasteiger partial charge in [-0.3, -0.25) is 4.79 Å². The number of methoxy groups -OCH3 is 1. The molecule has 0 amide bonds. The van der Waals surface area contributed by atoms with Crippen LogP contribution in [0.3, 0.4) is 0 Å². The molecule has 2 aromatic rings. The summed E-state index contributed by atoms with van der Waals surface area (Å²) in [6.07, 6.45) is 6.64. The molecule has 0 bridgehead atoms. The van der Waals surface area contributed by atoms with Gasteiger partial charge in [0, 0.05) is 43.5 Å². The van der Waals surface area contributed by atoms with E-state index in [0.717, 1.165) is 54.7 Å². The van der Waals surface area contributed by atoms with Crippen molar-refractivity contribution in [3.05, 3.63) is 51.3 Å². The van der Waals surface area contributed by atoms with Crippen molar-refractivity contribution in [3.63, 3.8) is 0 Å². The Morgan fingerprint density at radius 3 is 2.67 bits per heavy atom. The lowest BCUT2D eigenvalue weighted by Gasteiger charge is -2.49. The third-order valence-corrected chi connectivity index (χ3v) is 6.29. The highest BCUT2D eigenvalue weighted by molar-refractivity contribution is 5.89. The molecular weight excluding hydrogens is 382 g/mol. The lowest BCUT2D eigenvalue weighted by molar-refractivity contribution is 0.0521. The van der Waals surface area contributed by atoms with Crippen LogP contribution >= 0.6 is 0 Å². The van der Waals surface area contributed by atoms with Gasteiger partial charge in [-0.1, -0.05) is 0 Å². The fraction of sp³-hybridized carbons (Fsp3) is 0.500. The first-order valence-corrected chi connectivity index (χ1v) is 10.7. The van der Waals surface area contributed by atoms with Crippen molar-refractivity contribution in [1.29, 1.82) is 0 Å². The van der Waals surface area contributed by atoms with Crippen molar-refractivity contribution in [3.8, 4) is 17.0 Å². The van der Waals surface area contributed by atoms with Gasteiger partial charge in [0.2, 0.25) is 0 Å². The van der Waals surface area contributed by atoms with Crippen LogP contribution in [-0.2, 0) is 21.4 Å². The number of fused-ring (bicyclic) bond motifs is 4. The smallest absolute Gasteiger partial charge is 0.343 e. The summed E-state index contributed by atoms with van der Waals surface area (Å²) in [5.74, 6) is 0.340. The molecule has 1 aromatic heterocycles. The number of pyridine rings is 1. The van der Waals surface area contributed by atoms with E-state index < -0.39 is 5.97 Å². The van der Waals surface area contributed by atoms with E-state index in [2.05, 4.69) is 16.7 Å². The molecule has 160 valence electrons. The van der Waals surface area contributed by atoms with Crippen LogP contribution in [-0.4, -0.2) is 37.5 Å². The molecule has 6 nitrogen and oxygen atoms in total. The molecule has 1 saturated carbocycles. The van der Waals surface area contributed by atoms with E-state index in [-0.39, 0.29) is 23.1 Å². The minimum Gasteiger partial charge on any atom is -0.493 e. The maximum atomic E-state index is 12.7. The molecule has 0 atom stereocenters. The standard InChI is InChI=1S/C24H29NO5/c1-4-29-23(27)19-15-25-20(13-21(19)26)18-11-16(2)22(30-10-6-9-28-3)12-17(18)14-24(25)7-5-8-24/h11-13,15H,4-10,14H2,1-3H3. The molecule has 1 spiro atoms. The van der Waals surface area contributed by atoms with Crippen LogP contribution in [0.4, 0.5) is 0 Å². The topological polar surface area (TPSA) is 66.8 Å². The molecule has 1 fully saturated rings. The van der Waals surface area contributed by atoms with Crippen molar-refractivity contribution >= 4 is 5.97 Å². The van der Waals surface area contributed by atoms with E-state index in [1.807, 2.05) is 6.92 Å². The summed E-state index contributed by atoms with van der Waals surface area (Å²) >= 11 is 0. The van der Waals surface area contributed by atoms with Gasteiger partial charge in [-0.2, -0.15) is 0 Å². The van der Waals surface area contributed by atoms with Gasteiger partial charge in [-0.05, 0) is 62.8 Å². The van der Waals surface area contributed by atoms with Gasteiger partial charge in [-0.25, -0.2) is 4.79 Å². The molecule has 6 heteroatoms. The van der Waals surface area contributed by atoms with Crippen molar-refractivity contribution in [2.24, 2.45) is 0 Å². The van der Waals surface area contributed by atoms with Crippen LogP contribution < -0.4 is 10.2 Å². The monoisotopic (exact) mass is 411 g/mol. The number of ether oxygens (including phenoxy) is 3. The van der Waals surface area contributed by atoms with Crippen molar-refractivity contribution in [2.75, 3.05) is 26.9 Å². The van der Waals surface area contributed by atoms with Crippen LogP contribution in [0.25, 0.3) is 11.3 Å². The Kier molecular flexibility index (Phi) is 5.69. The summed E-state index contributed by atoms with van der Waals surface area (Å²) in [4.78, 5) is 25.0. The molecule has 0 radical (unpaired) electrons. The van der Waals surface area contributed by atoms with E-state index in [1.54, 1.807) is 26.3 Å². The highest BCUT2D eigenvalue weighted by Gasteiger charge is 2.43. The number of rotatable bonds is 7. The molecule has 0 saturated heterocycles. The average molecular weight is 411 g/mol. The Labute approximate surface area is 176 Å². The molecule has 2 aliphatic rings. The van der Waals surface area contributed by atoms with Gasteiger partial charge >= 0.3 is 5.97 Å². The van der Waals surface area contributed by atoms with E-state index >= 15 is 0 Å². The number of hydrogen-bond donors (Lipinski definition) is 0. The van der Waals surface area contributed by atoms with E-state index in [1.165, 1.54) is 5.56 Å². The lowest BCUT2D eigenvalue weighted by atomic mass is 9.69. The van der Waals surface area contributed by atoms with Crippen LogP contribution in [0, 0.1) is 6.92 Å². The van der Waals surface area contributed by atoms with Crippen LogP contribution in [0.1, 0.15) is 54.1 Å². The first-order valence-electron chi connectivity index (χ1n) is 10.7. The number of aryl methyl sites for hydroxylation is 1. The van der Waals surface area contributed by atoms with Gasteiger partial charge in [0.25, 0.3) is 0 Å². The number of aromatic nitrogens is 1. The fourth-order valence-electron chi connectivity index (χ4n) is 4.59. The molecule has 1 aliphatic carbocycles. The minimum atomic E-state index is -0.547. The Balaban J connectivity index is 1.76. The first-order chi connectivity index (χ1) is 14.5. The second-order valence-electron chi connectivity index (χ2n) is 8.25. The number of nitrogens with zero attached hydrogens (tertiary/aromatic N) is 1. The second-order valence-corrected chi connectivity index (χ2v) is 8.25. The van der Waals surface area contributed by atoms with Gasteiger partial charge in [-0.15, -0.1) is 0 Å². The van der Waals surface area contributed by atoms with Gasteiger partial charge < -0.3 is 18.8 Å². The number of hydrogen-bond acceptors (Lipinski definition) is 5. The molecular formula is C24H29NO5. The molecule has 2 heterocycles. The second kappa shape index (κ2) is 8.26. The zero-order valence-corrected chi connectivity index (χ0v) is 18.0. The zero-order chi connectivity index (χ0) is 21.3. The number of carbonyl (C=O) groups excluding carboxylic acids is 1. The average Bonchev–Trinajstić information content (AvgIpc) is 2.69. The van der Waals surface area contributed by atoms with Crippen molar-refractivity contribution in [2.45, 2.75) is 51.5 Å². The number of carbonyl (C=O) groups is 1. The summed E-state index contributed by atoms with van der Waals surface area (Å²) < 4.78 is 18.4. The summed E-state index contributed by atoms with van der Waals surface area (Å²) in [5.41, 5.74) is 3.89. The van der Waals surface area contributed by atoms with Gasteiger partial charge in [0.05, 0.1) is 18.9 Å². The Morgan fingerprint density at radius 1 is 1.20 bits per heavy atom. The van der Waals surface area contributed by atoms with Crippen LogP contribution in [0.2, 0.25) is 0 Å². The Bertz CT molecular complexity index is 1020. The molecule has 4 rings (SSSR count). The van der Waals surface area contributed by atoms with E-state index in [4.69, 9.17) is 14.2 Å². The number of benzene rings is 1. The molecule has 0 unspecified atom stereocenters. The van der Waals surface area contributed by atoms with E-state index in [9.17, 15) is 9.59 Å². The third-order valence-electron chi connectivity index (χ3n) is 6.29. The third kappa shape index (κ3) is 3.54. The van der Waals surface area contributed by atoms with E-state index in [0.29, 0.717) is 13.2 Å². The lowest BCUT2D eigenvalue weighted by Crippen LogP contribution is -2.46. The van der Waals surface area contributed by atoms with Gasteiger partial charge in [0.15, 0.2) is 5.43 Å². The predicted molar refractivity (Wildman–Crippen MR) is 114 cm³/mol. The zero-order valence-electron chi connectivity index (χ0n) is 18.0. The van der Waals surface area contributed by atoms with Crippen LogP contribution in [0.15, 0.2) is 29.2 Å². The summed E-state index contributed by atoms with van der Waals surface area (Å²) in [6.45, 7) is 5.30. The molecule has 1 aliphatic heterocycles. The highest BCUT2D eigenvalue weighted by atomic mass is 16.5. The largest absolute Gasteiger partial charge is 0.493 e. The maximum Gasteiger partial charge on any atom is 0.343 e. The Morgan fingerprint density at radius 2 is 2.00 bits per heavy atom. The molecule has 0 N–H and O–H groups in total. The minimum absolute atomic E-state index is 0.0835. The molecule has 30 heavy (non-hydrogen) atoms. The number of esters is 1. The first kappa shape index (κ1) is 20.7. The quantitative estimate of drug-likeness (QED) is 0.511. The predicted octanol–water partition coefficient (Wildman–Crippen LogP) is 3.85. The SMILES string of the molecule is CCOC(=O)c1cn2c(cc1=O)-c1cc(C)c(OCCCOC)cc1CC21CCC1. The highest BCUT2D eigenvalue weighted by Crippen LogP contribution is 2.49. The van der Waals surface area contributed by atoms with Crippen LogP contribution in [0.5, 0.6) is 5.75 Å². The summed E-state index contributed by atoms with van der Waals surface area (Å²) in [7, 11) is 1.69. The maximum absolute atomic E-state index is 12.7. The molecule has 1 aromatic carbocycles.